The number of thioether (sulfide) groups is 1. The molecule has 0 N–H and O–H groups in total. The van der Waals surface area contributed by atoms with E-state index in [1.165, 1.54) is 60.5 Å². The van der Waals surface area contributed by atoms with Gasteiger partial charge < -0.3 is 9.45 Å². The molecule has 2 heterocycles. The van der Waals surface area contributed by atoms with Gasteiger partial charge in [-0.3, -0.25) is 0 Å². The van der Waals surface area contributed by atoms with Gasteiger partial charge in [-0.1, -0.05) is 71.1 Å². The van der Waals surface area contributed by atoms with Crippen molar-refractivity contribution in [2.24, 2.45) is 7.05 Å². The smallest absolute Gasteiger partial charge is 0.262 e. The van der Waals surface area contributed by atoms with Gasteiger partial charge >= 0.3 is 0 Å². The topological polar surface area (TPSA) is 64.3 Å². The van der Waals surface area contributed by atoms with Crippen molar-refractivity contribution < 1.29 is 17.5 Å². The first-order valence-electron chi connectivity index (χ1n) is 12.7. The number of para-hydroxylation sites is 2. The second-order valence-electron chi connectivity index (χ2n) is 9.64. The minimum Gasteiger partial charge on any atom is -0.744 e. The summed E-state index contributed by atoms with van der Waals surface area (Å²) in [6, 6.07) is 23.1. The number of rotatable bonds is 3. The Morgan fingerprint density at radius 1 is 0.949 bits per heavy atom. The van der Waals surface area contributed by atoms with Crippen LogP contribution in [-0.4, -0.2) is 20.0 Å². The molecule has 1 aromatic heterocycles. The largest absolute Gasteiger partial charge is 0.744 e. The fourth-order valence-electron chi connectivity index (χ4n) is 4.62. The Morgan fingerprint density at radius 2 is 1.67 bits per heavy atom. The molecule has 0 bridgehead atoms. The summed E-state index contributed by atoms with van der Waals surface area (Å²) in [7, 11) is 0.0677. The summed E-state index contributed by atoms with van der Waals surface area (Å²) in [5.74, 6) is 0. The number of aryl methyl sites for hydroxylation is 2. The highest BCUT2D eigenvalue weighted by molar-refractivity contribution is 8.03. The van der Waals surface area contributed by atoms with Gasteiger partial charge in [0, 0.05) is 24.1 Å². The van der Waals surface area contributed by atoms with Crippen molar-refractivity contribution in [1.82, 2.24) is 0 Å². The summed E-state index contributed by atoms with van der Waals surface area (Å²) in [5.41, 5.74) is 6.41. The van der Waals surface area contributed by atoms with Gasteiger partial charge in [-0.25, -0.2) is 8.42 Å². The fraction of sp³-hybridized carbons (Fsp3) is 0.194. The Labute approximate surface area is 238 Å². The summed E-state index contributed by atoms with van der Waals surface area (Å²) in [6.45, 7) is 1.82. The zero-order chi connectivity index (χ0) is 27.6. The van der Waals surface area contributed by atoms with Gasteiger partial charge in [0.15, 0.2) is 0 Å². The Morgan fingerprint density at radius 3 is 2.38 bits per heavy atom. The third kappa shape index (κ3) is 6.36. The second kappa shape index (κ2) is 11.5. The molecule has 3 aromatic carbocycles. The van der Waals surface area contributed by atoms with Crippen LogP contribution in [0.3, 0.4) is 0 Å². The van der Waals surface area contributed by atoms with Gasteiger partial charge in [-0.15, -0.1) is 0 Å². The maximum Gasteiger partial charge on any atom is 0.262 e. The zero-order valence-corrected chi connectivity index (χ0v) is 24.6. The molecule has 0 radical (unpaired) electrons. The molecular weight excluding hydrogens is 545 g/mol. The summed E-state index contributed by atoms with van der Waals surface area (Å²) in [5, 5.41) is 2.64. The van der Waals surface area contributed by atoms with Crippen LogP contribution in [0.25, 0.3) is 16.3 Å². The van der Waals surface area contributed by atoms with Gasteiger partial charge in [-0.05, 0) is 73.7 Å². The highest BCUT2D eigenvalue weighted by Crippen LogP contribution is 2.45. The van der Waals surface area contributed by atoms with Crippen LogP contribution in [0, 0.1) is 6.92 Å². The van der Waals surface area contributed by atoms with Crippen LogP contribution in [0.1, 0.15) is 29.8 Å². The molecule has 0 saturated heterocycles. The summed E-state index contributed by atoms with van der Waals surface area (Å²) < 4.78 is 34.8. The fourth-order valence-corrected chi connectivity index (χ4v) is 7.35. The summed E-state index contributed by atoms with van der Waals surface area (Å²) >= 11 is 3.75. The summed E-state index contributed by atoms with van der Waals surface area (Å²) in [4.78, 5) is 3.48. The Hall–Kier alpha value is -3.17. The molecule has 4 aromatic rings. The normalized spacial score (nSPS) is 17.2. The van der Waals surface area contributed by atoms with Crippen LogP contribution in [-0.2, 0) is 17.2 Å². The number of nitrogens with zero attached hydrogens (tertiary/aromatic N) is 2. The molecule has 0 unspecified atom stereocenters. The lowest BCUT2D eigenvalue weighted by Crippen LogP contribution is -2.28. The van der Waals surface area contributed by atoms with E-state index < -0.39 is 10.1 Å². The van der Waals surface area contributed by atoms with E-state index in [2.05, 4.69) is 90.3 Å². The van der Waals surface area contributed by atoms with E-state index in [4.69, 9.17) is 0 Å². The predicted octanol–water partition coefficient (Wildman–Crippen LogP) is 7.20. The standard InChI is InChI=1S/C24H23N2S2.C7H8O3S/c1-25-19-10-3-5-12-21(19)27-23(25)15-17-8-7-9-18(14-17)16-24-26(2)20-11-4-6-13-22(20)28-24;1-6-2-4-7(5-3-6)11(8,9)10/h3-6,10-16H,7-9H2,1-2H3;2-5H,1H3,(H,8,9,10)/q+1;/p-1. The van der Waals surface area contributed by atoms with Crippen LogP contribution in [0.2, 0.25) is 0 Å². The molecule has 0 fully saturated rings. The molecule has 6 rings (SSSR count). The first-order chi connectivity index (χ1) is 18.7. The third-order valence-corrected chi connectivity index (χ3v) is 9.95. The Balaban J connectivity index is 0.000000237. The quantitative estimate of drug-likeness (QED) is 0.191. The van der Waals surface area contributed by atoms with Gasteiger partial charge in [0.1, 0.15) is 21.9 Å². The zero-order valence-electron chi connectivity index (χ0n) is 22.1. The average molecular weight is 575 g/mol. The van der Waals surface area contributed by atoms with Gasteiger partial charge in [-0.2, -0.15) is 4.57 Å². The molecule has 0 atom stereocenters. The number of aromatic nitrogens is 1. The van der Waals surface area contributed by atoms with Crippen molar-refractivity contribution >= 4 is 55.2 Å². The summed E-state index contributed by atoms with van der Waals surface area (Å²) in [6.07, 6.45) is 10.7. The number of benzene rings is 3. The van der Waals surface area contributed by atoms with E-state index in [0.717, 1.165) is 18.4 Å². The van der Waals surface area contributed by atoms with E-state index in [1.807, 2.05) is 30.0 Å². The lowest BCUT2D eigenvalue weighted by Gasteiger charge is -2.16. The monoisotopic (exact) mass is 574 g/mol. The minimum atomic E-state index is -4.27. The molecule has 0 spiro atoms. The average Bonchev–Trinajstić information content (AvgIpc) is 3.40. The molecular formula is C31H30N2O3S3. The SMILES string of the molecule is CN1/C(=C\C2=CC(=C/c3sc4ccccc4[n+]3C)/CCC2)Sc2ccccc21.Cc1ccc(S(=O)(=O)[O-])cc1. The van der Waals surface area contributed by atoms with Crippen LogP contribution in [0.4, 0.5) is 5.69 Å². The van der Waals surface area contributed by atoms with Gasteiger partial charge in [0.25, 0.3) is 5.01 Å². The number of hydrogen-bond acceptors (Lipinski definition) is 6. The molecule has 2 aliphatic rings. The van der Waals surface area contributed by atoms with E-state index in [0.29, 0.717) is 0 Å². The second-order valence-corrected chi connectivity index (χ2v) is 13.1. The van der Waals surface area contributed by atoms with Crippen molar-refractivity contribution in [3.05, 3.63) is 112 Å². The molecule has 39 heavy (non-hydrogen) atoms. The molecule has 8 heteroatoms. The lowest BCUT2D eigenvalue weighted by molar-refractivity contribution is -0.642. The highest BCUT2D eigenvalue weighted by Gasteiger charge is 2.22. The predicted molar refractivity (Wildman–Crippen MR) is 161 cm³/mol. The Bertz CT molecular complexity index is 1720. The number of fused-ring (bicyclic) bond motifs is 2. The Kier molecular flexibility index (Phi) is 8.09. The first kappa shape index (κ1) is 27.4. The van der Waals surface area contributed by atoms with Gasteiger partial charge in [0.05, 0.1) is 15.6 Å². The first-order valence-corrected chi connectivity index (χ1v) is 15.8. The van der Waals surface area contributed by atoms with Crippen molar-refractivity contribution in [3.8, 4) is 0 Å². The van der Waals surface area contributed by atoms with Crippen LogP contribution >= 0.6 is 23.1 Å². The minimum absolute atomic E-state index is 0.178. The van der Waals surface area contributed by atoms with E-state index in [-0.39, 0.29) is 4.90 Å². The highest BCUT2D eigenvalue weighted by atomic mass is 32.2. The number of hydrogen-bond donors (Lipinski definition) is 0. The molecule has 1 aliphatic carbocycles. The molecule has 0 saturated carbocycles. The van der Waals surface area contributed by atoms with E-state index >= 15 is 0 Å². The van der Waals surface area contributed by atoms with Crippen molar-refractivity contribution in [1.29, 1.82) is 0 Å². The van der Waals surface area contributed by atoms with Crippen LogP contribution < -0.4 is 9.47 Å². The van der Waals surface area contributed by atoms with Crippen molar-refractivity contribution in [3.63, 3.8) is 0 Å². The number of allylic oxidation sites excluding steroid dienone is 4. The maximum atomic E-state index is 10.4. The van der Waals surface area contributed by atoms with E-state index in [9.17, 15) is 13.0 Å². The van der Waals surface area contributed by atoms with Crippen LogP contribution in [0.5, 0.6) is 0 Å². The van der Waals surface area contributed by atoms with Crippen molar-refractivity contribution in [2.75, 3.05) is 11.9 Å². The van der Waals surface area contributed by atoms with E-state index in [1.54, 1.807) is 12.1 Å². The maximum absolute atomic E-state index is 10.4. The number of thiazole rings is 1. The molecule has 0 amide bonds. The number of anilines is 1. The molecule has 5 nitrogen and oxygen atoms in total. The van der Waals surface area contributed by atoms with Crippen LogP contribution in [0.15, 0.2) is 111 Å². The third-order valence-electron chi connectivity index (χ3n) is 6.77. The molecule has 1 aliphatic heterocycles. The van der Waals surface area contributed by atoms with Gasteiger partial charge in [0.2, 0.25) is 5.52 Å². The molecule has 200 valence electrons. The lowest BCUT2D eigenvalue weighted by atomic mass is 9.95. The van der Waals surface area contributed by atoms with Crippen molar-refractivity contribution in [2.45, 2.75) is 36.0 Å².